The molecule has 1 saturated heterocycles. The maximum absolute atomic E-state index is 13.0. The fraction of sp³-hybridized carbons (Fsp3) is 0.368. The van der Waals surface area contributed by atoms with Gasteiger partial charge in [-0.05, 0) is 62.4 Å². The van der Waals surface area contributed by atoms with E-state index in [2.05, 4.69) is 0 Å². The van der Waals surface area contributed by atoms with Gasteiger partial charge in [-0.15, -0.1) is 23.5 Å². The Morgan fingerprint density at radius 3 is 1.48 bits per heavy atom. The highest BCUT2D eigenvalue weighted by Crippen LogP contribution is 2.34. The lowest BCUT2D eigenvalue weighted by molar-refractivity contribution is -0.142. The third-order valence-corrected chi connectivity index (χ3v) is 5.94. The Bertz CT molecular complexity index is 630. The lowest BCUT2D eigenvalue weighted by Gasteiger charge is -2.16. The Balaban J connectivity index is 1.58. The quantitative estimate of drug-likeness (QED) is 0.625. The summed E-state index contributed by atoms with van der Waals surface area (Å²) in [7, 11) is 0. The molecule has 0 aromatic heterocycles. The lowest BCUT2D eigenvalue weighted by atomic mass is 10.3. The van der Waals surface area contributed by atoms with Gasteiger partial charge in [0.25, 0.3) is 0 Å². The highest BCUT2D eigenvalue weighted by atomic mass is 32.2. The van der Waals surface area contributed by atoms with Crippen LogP contribution >= 0.6 is 23.5 Å². The zero-order valence-corrected chi connectivity index (χ0v) is 15.7. The topological polar surface area (TPSA) is 18.5 Å². The first-order valence-electron chi connectivity index (χ1n) is 8.04. The van der Waals surface area contributed by atoms with Gasteiger partial charge in [0.05, 0.1) is 12.2 Å². The first-order valence-corrected chi connectivity index (χ1v) is 10.0. The summed E-state index contributed by atoms with van der Waals surface area (Å²) in [6.45, 7) is 3.82. The maximum atomic E-state index is 13.0. The average Bonchev–Trinajstić information content (AvgIpc) is 2.88. The first-order chi connectivity index (χ1) is 11.9. The first kappa shape index (κ1) is 18.7. The smallest absolute Gasteiger partial charge is 0.163 e. The molecule has 0 amide bonds. The van der Waals surface area contributed by atoms with Crippen LogP contribution in [0.15, 0.2) is 58.3 Å². The minimum absolute atomic E-state index is 0.0574. The molecule has 0 radical (unpaired) electrons. The Hall–Kier alpha value is -1.08. The molecule has 1 heterocycles. The van der Waals surface area contributed by atoms with Gasteiger partial charge in [-0.25, -0.2) is 8.78 Å². The van der Waals surface area contributed by atoms with E-state index in [1.165, 1.54) is 24.3 Å². The third-order valence-electron chi connectivity index (χ3n) is 3.74. The van der Waals surface area contributed by atoms with Crippen LogP contribution in [0.2, 0.25) is 0 Å². The van der Waals surface area contributed by atoms with Crippen molar-refractivity contribution in [1.82, 2.24) is 0 Å². The number of rotatable bonds is 6. The molecule has 0 aliphatic carbocycles. The molecule has 134 valence electrons. The number of halogens is 2. The van der Waals surface area contributed by atoms with Gasteiger partial charge in [-0.3, -0.25) is 0 Å². The molecular weight excluding hydrogens is 362 g/mol. The number of thioether (sulfide) groups is 2. The summed E-state index contributed by atoms with van der Waals surface area (Å²) in [5.41, 5.74) is 0. The zero-order valence-electron chi connectivity index (χ0n) is 14.1. The molecule has 0 saturated carbocycles. The highest BCUT2D eigenvalue weighted by Gasteiger charge is 2.40. The predicted octanol–water partition coefficient (Wildman–Crippen LogP) is 5.37. The van der Waals surface area contributed by atoms with Gasteiger partial charge in [0.1, 0.15) is 11.6 Å². The van der Waals surface area contributed by atoms with Gasteiger partial charge in [0.2, 0.25) is 0 Å². The monoisotopic (exact) mass is 382 g/mol. The number of benzene rings is 2. The molecule has 2 nitrogen and oxygen atoms in total. The number of hydrogen-bond donors (Lipinski definition) is 0. The Kier molecular flexibility index (Phi) is 6.04. The van der Waals surface area contributed by atoms with Crippen molar-refractivity contribution in [2.24, 2.45) is 0 Å². The second-order valence-electron chi connectivity index (χ2n) is 6.24. The molecule has 0 N–H and O–H groups in total. The van der Waals surface area contributed by atoms with Gasteiger partial charge in [0, 0.05) is 21.3 Å². The molecule has 0 unspecified atom stereocenters. The van der Waals surface area contributed by atoms with Crippen LogP contribution in [0.4, 0.5) is 8.78 Å². The van der Waals surface area contributed by atoms with E-state index in [1.54, 1.807) is 47.8 Å². The summed E-state index contributed by atoms with van der Waals surface area (Å²) in [6, 6.07) is 12.9. The van der Waals surface area contributed by atoms with Crippen LogP contribution in [-0.2, 0) is 9.47 Å². The molecule has 2 aromatic carbocycles. The van der Waals surface area contributed by atoms with Gasteiger partial charge < -0.3 is 9.47 Å². The molecule has 1 aliphatic heterocycles. The normalized spacial score (nSPS) is 22.2. The van der Waals surface area contributed by atoms with Crippen LogP contribution in [0.1, 0.15) is 13.8 Å². The van der Waals surface area contributed by atoms with Crippen molar-refractivity contribution in [2.75, 3.05) is 11.5 Å². The summed E-state index contributed by atoms with van der Waals surface area (Å²) in [5, 5.41) is 0. The molecule has 6 heteroatoms. The van der Waals surface area contributed by atoms with Gasteiger partial charge in [-0.2, -0.15) is 0 Å². The summed E-state index contributed by atoms with van der Waals surface area (Å²) in [4.78, 5) is 2.00. The molecule has 25 heavy (non-hydrogen) atoms. The largest absolute Gasteiger partial charge is 0.344 e. The fourth-order valence-electron chi connectivity index (χ4n) is 2.61. The Morgan fingerprint density at radius 2 is 1.12 bits per heavy atom. The molecule has 2 aromatic rings. The second kappa shape index (κ2) is 8.08. The molecule has 0 spiro atoms. The fourth-order valence-corrected chi connectivity index (χ4v) is 4.55. The van der Waals surface area contributed by atoms with Crippen molar-refractivity contribution in [1.29, 1.82) is 0 Å². The summed E-state index contributed by atoms with van der Waals surface area (Å²) >= 11 is 3.25. The van der Waals surface area contributed by atoms with E-state index >= 15 is 0 Å². The van der Waals surface area contributed by atoms with Crippen molar-refractivity contribution < 1.29 is 18.3 Å². The van der Waals surface area contributed by atoms with E-state index in [1.807, 2.05) is 13.8 Å². The standard InChI is InChI=1S/C19H20F2O2S2/c1-19(2)22-17(11-24-15-7-3-13(20)4-8-15)18(23-19)12-25-16-9-5-14(21)6-10-16/h3-10,17-18H,11-12H2,1-2H3/t17-,18-/m0/s1. The third kappa shape index (κ3) is 5.45. The van der Waals surface area contributed by atoms with Crippen LogP contribution in [0.25, 0.3) is 0 Å². The summed E-state index contributed by atoms with van der Waals surface area (Å²) in [6.07, 6.45) is -0.115. The number of ether oxygens (including phenoxy) is 2. The average molecular weight is 382 g/mol. The van der Waals surface area contributed by atoms with Crippen molar-refractivity contribution in [2.45, 2.75) is 41.6 Å². The summed E-state index contributed by atoms with van der Waals surface area (Å²) in [5.74, 6) is 0.356. The Morgan fingerprint density at radius 1 is 0.760 bits per heavy atom. The Labute approximate surface area is 155 Å². The van der Waals surface area contributed by atoms with Crippen molar-refractivity contribution >= 4 is 23.5 Å². The molecule has 3 rings (SSSR count). The van der Waals surface area contributed by atoms with Crippen molar-refractivity contribution in [3.8, 4) is 0 Å². The molecular formula is C19H20F2O2S2. The van der Waals surface area contributed by atoms with E-state index in [9.17, 15) is 8.78 Å². The van der Waals surface area contributed by atoms with Gasteiger partial charge >= 0.3 is 0 Å². The molecule has 0 bridgehead atoms. The van der Waals surface area contributed by atoms with Gasteiger partial charge in [-0.1, -0.05) is 0 Å². The molecule has 1 fully saturated rings. The zero-order chi connectivity index (χ0) is 17.9. The van der Waals surface area contributed by atoms with Gasteiger partial charge in [0.15, 0.2) is 5.79 Å². The SMILES string of the molecule is CC1(C)O[C@@H](CSc2ccc(F)cc2)[C@H](CSc2ccc(F)cc2)O1. The van der Waals surface area contributed by atoms with E-state index in [-0.39, 0.29) is 23.8 Å². The number of hydrogen-bond acceptors (Lipinski definition) is 4. The lowest BCUT2D eigenvalue weighted by Crippen LogP contribution is -2.27. The van der Waals surface area contributed by atoms with Crippen LogP contribution in [0, 0.1) is 11.6 Å². The van der Waals surface area contributed by atoms with Crippen molar-refractivity contribution in [3.05, 3.63) is 60.2 Å². The highest BCUT2D eigenvalue weighted by molar-refractivity contribution is 7.99. The molecule has 1 aliphatic rings. The van der Waals surface area contributed by atoms with E-state index in [0.29, 0.717) is 0 Å². The van der Waals surface area contributed by atoms with Crippen molar-refractivity contribution in [3.63, 3.8) is 0 Å². The van der Waals surface area contributed by atoms with Crippen LogP contribution < -0.4 is 0 Å². The molecule has 2 atom stereocenters. The predicted molar refractivity (Wildman–Crippen MR) is 98.1 cm³/mol. The maximum Gasteiger partial charge on any atom is 0.163 e. The summed E-state index contributed by atoms with van der Waals surface area (Å²) < 4.78 is 38.0. The van der Waals surface area contributed by atoms with E-state index < -0.39 is 5.79 Å². The van der Waals surface area contributed by atoms with E-state index in [4.69, 9.17) is 9.47 Å². The van der Waals surface area contributed by atoms with E-state index in [0.717, 1.165) is 21.3 Å². The van der Waals surface area contributed by atoms with Crippen LogP contribution in [0.3, 0.4) is 0 Å². The minimum Gasteiger partial charge on any atom is -0.344 e. The minimum atomic E-state index is -0.623. The van der Waals surface area contributed by atoms with Crippen LogP contribution in [-0.4, -0.2) is 29.5 Å². The second-order valence-corrected chi connectivity index (χ2v) is 8.43. The van der Waals surface area contributed by atoms with Crippen LogP contribution in [0.5, 0.6) is 0 Å².